The molecule has 0 bridgehead atoms. The van der Waals surface area contributed by atoms with E-state index in [9.17, 15) is 9.18 Å². The molecule has 3 nitrogen and oxygen atoms in total. The van der Waals surface area contributed by atoms with Crippen LogP contribution in [0, 0.1) is 24.6 Å². The monoisotopic (exact) mass is 312 g/mol. The highest BCUT2D eigenvalue weighted by Crippen LogP contribution is 2.36. The predicted molar refractivity (Wildman–Crippen MR) is 83.1 cm³/mol. The molecule has 0 spiro atoms. The van der Waals surface area contributed by atoms with Crippen molar-refractivity contribution in [3.63, 3.8) is 0 Å². The number of halogens is 2. The molecule has 0 radical (unpaired) electrons. The van der Waals surface area contributed by atoms with Crippen LogP contribution in [0.5, 0.6) is 0 Å². The number of likely N-dealkylation sites (tertiary alicyclic amines) is 1. The van der Waals surface area contributed by atoms with Gasteiger partial charge in [0, 0.05) is 19.1 Å². The number of rotatable bonds is 1. The third-order valence-corrected chi connectivity index (χ3v) is 4.79. The Labute approximate surface area is 131 Å². The molecule has 1 aliphatic carbocycles. The summed E-state index contributed by atoms with van der Waals surface area (Å²) in [5.74, 6) is 0.267. The molecular formula is C16H22ClFN2O. The summed E-state index contributed by atoms with van der Waals surface area (Å²) in [6.45, 7) is 3.28. The Kier molecular flexibility index (Phi) is 4.89. The van der Waals surface area contributed by atoms with Crippen LogP contribution in [0.1, 0.15) is 35.2 Å². The van der Waals surface area contributed by atoms with Crippen molar-refractivity contribution in [1.82, 2.24) is 4.90 Å². The lowest BCUT2D eigenvalue weighted by atomic mass is 9.78. The Bertz CT molecular complexity index is 537. The third kappa shape index (κ3) is 3.06. The number of carbonyl (C=O) groups excluding carboxylic acids is 1. The van der Waals surface area contributed by atoms with Crippen molar-refractivity contribution in [1.29, 1.82) is 0 Å². The van der Waals surface area contributed by atoms with Crippen LogP contribution in [0.25, 0.3) is 0 Å². The van der Waals surface area contributed by atoms with Gasteiger partial charge >= 0.3 is 0 Å². The van der Waals surface area contributed by atoms with Gasteiger partial charge in [-0.05, 0) is 43.7 Å². The van der Waals surface area contributed by atoms with Gasteiger partial charge in [0.1, 0.15) is 5.82 Å². The Morgan fingerprint density at radius 1 is 1.33 bits per heavy atom. The lowest BCUT2D eigenvalue weighted by molar-refractivity contribution is 0.0778. The van der Waals surface area contributed by atoms with Gasteiger partial charge in [0.15, 0.2) is 0 Å². The molecule has 2 fully saturated rings. The van der Waals surface area contributed by atoms with Gasteiger partial charge in [-0.1, -0.05) is 18.1 Å². The first-order valence-electron chi connectivity index (χ1n) is 7.37. The molecule has 3 atom stereocenters. The van der Waals surface area contributed by atoms with Gasteiger partial charge in [0.05, 0.1) is 5.56 Å². The summed E-state index contributed by atoms with van der Waals surface area (Å²) >= 11 is 0. The van der Waals surface area contributed by atoms with Crippen molar-refractivity contribution in [2.45, 2.75) is 32.2 Å². The molecule has 1 heterocycles. The maximum absolute atomic E-state index is 13.8. The van der Waals surface area contributed by atoms with E-state index in [1.165, 1.54) is 6.07 Å². The van der Waals surface area contributed by atoms with Crippen LogP contribution >= 0.6 is 12.4 Å². The van der Waals surface area contributed by atoms with Crippen LogP contribution in [0.4, 0.5) is 4.39 Å². The molecule has 0 aromatic heterocycles. The lowest BCUT2D eigenvalue weighted by Gasteiger charge is -2.29. The molecule has 1 aliphatic heterocycles. The average Bonchev–Trinajstić information content (AvgIpc) is 2.86. The molecule has 1 saturated carbocycles. The van der Waals surface area contributed by atoms with Gasteiger partial charge in [-0.3, -0.25) is 4.79 Å². The molecule has 2 aliphatic rings. The second-order valence-corrected chi connectivity index (χ2v) is 6.21. The molecule has 21 heavy (non-hydrogen) atoms. The van der Waals surface area contributed by atoms with E-state index >= 15 is 0 Å². The predicted octanol–water partition coefficient (Wildman–Crippen LogP) is 2.76. The van der Waals surface area contributed by atoms with E-state index in [2.05, 4.69) is 0 Å². The number of nitrogens with zero attached hydrogens (tertiary/aromatic N) is 1. The van der Waals surface area contributed by atoms with E-state index in [1.807, 2.05) is 6.92 Å². The van der Waals surface area contributed by atoms with E-state index in [1.54, 1.807) is 17.0 Å². The number of nitrogens with two attached hydrogens (primary N) is 1. The maximum atomic E-state index is 13.8. The van der Waals surface area contributed by atoms with Crippen LogP contribution in [0.3, 0.4) is 0 Å². The molecule has 5 heteroatoms. The molecule has 1 aromatic rings. The van der Waals surface area contributed by atoms with Crippen LogP contribution < -0.4 is 5.73 Å². The van der Waals surface area contributed by atoms with E-state index in [0.29, 0.717) is 18.4 Å². The summed E-state index contributed by atoms with van der Waals surface area (Å²) < 4.78 is 13.8. The topological polar surface area (TPSA) is 46.3 Å². The fourth-order valence-corrected chi connectivity index (χ4v) is 3.66. The number of benzene rings is 1. The lowest BCUT2D eigenvalue weighted by Crippen LogP contribution is -2.38. The van der Waals surface area contributed by atoms with Crippen molar-refractivity contribution in [2.24, 2.45) is 17.6 Å². The van der Waals surface area contributed by atoms with Crippen LogP contribution in [0.15, 0.2) is 18.2 Å². The second-order valence-electron chi connectivity index (χ2n) is 6.21. The Hall–Kier alpha value is -1.13. The fourth-order valence-electron chi connectivity index (χ4n) is 3.66. The highest BCUT2D eigenvalue weighted by atomic mass is 35.5. The van der Waals surface area contributed by atoms with E-state index in [-0.39, 0.29) is 29.9 Å². The SMILES string of the molecule is Cc1ccc(F)c(C(=O)N2CC3CCCC(N)C3C2)c1.Cl. The van der Waals surface area contributed by atoms with Crippen molar-refractivity contribution in [3.05, 3.63) is 35.1 Å². The minimum atomic E-state index is -0.431. The first-order chi connectivity index (χ1) is 9.56. The summed E-state index contributed by atoms with van der Waals surface area (Å²) in [5, 5.41) is 0. The summed E-state index contributed by atoms with van der Waals surface area (Å²) in [6, 6.07) is 4.89. The van der Waals surface area contributed by atoms with Gasteiger partial charge in [-0.2, -0.15) is 0 Å². The molecule has 3 rings (SSSR count). The first-order valence-corrected chi connectivity index (χ1v) is 7.37. The van der Waals surface area contributed by atoms with Gasteiger partial charge < -0.3 is 10.6 Å². The van der Waals surface area contributed by atoms with E-state index in [0.717, 1.165) is 31.4 Å². The van der Waals surface area contributed by atoms with Crippen molar-refractivity contribution < 1.29 is 9.18 Å². The zero-order valence-electron chi connectivity index (χ0n) is 12.2. The molecule has 1 saturated heterocycles. The fraction of sp³-hybridized carbons (Fsp3) is 0.562. The Morgan fingerprint density at radius 2 is 2.10 bits per heavy atom. The quantitative estimate of drug-likeness (QED) is 0.866. The summed E-state index contributed by atoms with van der Waals surface area (Å²) in [4.78, 5) is 14.3. The van der Waals surface area contributed by atoms with Crippen LogP contribution in [-0.2, 0) is 0 Å². The van der Waals surface area contributed by atoms with Crippen molar-refractivity contribution >= 4 is 18.3 Å². The normalized spacial score (nSPS) is 28.0. The standard InChI is InChI=1S/C16H21FN2O.ClH/c1-10-5-6-14(17)12(7-10)16(20)19-8-11-3-2-4-15(18)13(11)9-19;/h5-7,11,13,15H,2-4,8-9,18H2,1H3;1H. The molecule has 116 valence electrons. The Balaban J connectivity index is 0.00000161. The highest BCUT2D eigenvalue weighted by Gasteiger charge is 2.40. The number of hydrogen-bond donors (Lipinski definition) is 1. The highest BCUT2D eigenvalue weighted by molar-refractivity contribution is 5.94. The van der Waals surface area contributed by atoms with Gasteiger partial charge in [0.2, 0.25) is 0 Å². The number of hydrogen-bond acceptors (Lipinski definition) is 2. The first kappa shape index (κ1) is 16.2. The third-order valence-electron chi connectivity index (χ3n) is 4.79. The van der Waals surface area contributed by atoms with Crippen molar-refractivity contribution in [3.8, 4) is 0 Å². The van der Waals surface area contributed by atoms with Gasteiger partial charge in [-0.15, -0.1) is 12.4 Å². The number of fused-ring (bicyclic) bond motifs is 1. The zero-order chi connectivity index (χ0) is 14.3. The Morgan fingerprint density at radius 3 is 2.81 bits per heavy atom. The van der Waals surface area contributed by atoms with E-state index < -0.39 is 5.82 Å². The van der Waals surface area contributed by atoms with Crippen LogP contribution in [-0.4, -0.2) is 29.9 Å². The van der Waals surface area contributed by atoms with Gasteiger partial charge in [-0.25, -0.2) is 4.39 Å². The molecular weight excluding hydrogens is 291 g/mol. The minimum absolute atomic E-state index is 0. The zero-order valence-corrected chi connectivity index (χ0v) is 13.0. The molecule has 3 unspecified atom stereocenters. The van der Waals surface area contributed by atoms with Crippen LogP contribution in [0.2, 0.25) is 0 Å². The molecule has 1 amide bonds. The molecule has 2 N–H and O–H groups in total. The maximum Gasteiger partial charge on any atom is 0.256 e. The summed E-state index contributed by atoms with van der Waals surface area (Å²) in [5.41, 5.74) is 7.26. The summed E-state index contributed by atoms with van der Waals surface area (Å²) in [7, 11) is 0. The number of amides is 1. The van der Waals surface area contributed by atoms with Crippen molar-refractivity contribution in [2.75, 3.05) is 13.1 Å². The number of aryl methyl sites for hydroxylation is 1. The van der Waals surface area contributed by atoms with Gasteiger partial charge in [0.25, 0.3) is 5.91 Å². The largest absolute Gasteiger partial charge is 0.338 e. The summed E-state index contributed by atoms with van der Waals surface area (Å²) in [6.07, 6.45) is 3.32. The van der Waals surface area contributed by atoms with E-state index in [4.69, 9.17) is 5.73 Å². The second kappa shape index (κ2) is 6.32. The minimum Gasteiger partial charge on any atom is -0.338 e. The average molecular weight is 313 g/mol. The molecule has 1 aromatic carbocycles. The number of carbonyl (C=O) groups is 1. The smallest absolute Gasteiger partial charge is 0.256 e.